The summed E-state index contributed by atoms with van der Waals surface area (Å²) in [4.78, 5) is 14.2. The average Bonchev–Trinajstić information content (AvgIpc) is 2.55. The number of benzene rings is 1. The second kappa shape index (κ2) is 12.5. The fourth-order valence-electron chi connectivity index (χ4n) is 2.36. The molecule has 0 radical (unpaired) electrons. The molecule has 1 atom stereocenters. The number of morpholine rings is 1. The first-order valence-corrected chi connectivity index (χ1v) is 7.63. The summed E-state index contributed by atoms with van der Waals surface area (Å²) in [5, 5.41) is 2.79. The molecule has 1 amide bonds. The summed E-state index contributed by atoms with van der Waals surface area (Å²) in [6, 6.07) is 7.25. The predicted molar refractivity (Wildman–Crippen MR) is 100 cm³/mol. The second-order valence-corrected chi connectivity index (χ2v) is 5.45. The number of hydrogen-bond donors (Lipinski definition) is 2. The zero-order valence-electron chi connectivity index (χ0n) is 13.9. The van der Waals surface area contributed by atoms with Gasteiger partial charge in [-0.05, 0) is 24.1 Å². The summed E-state index contributed by atoms with van der Waals surface area (Å²) in [6.45, 7) is 4.91. The Morgan fingerprint density at radius 3 is 2.50 bits per heavy atom. The van der Waals surface area contributed by atoms with Crippen LogP contribution in [0.15, 0.2) is 24.3 Å². The molecule has 1 aliphatic heterocycles. The van der Waals surface area contributed by atoms with Crippen molar-refractivity contribution in [2.75, 3.05) is 51.9 Å². The van der Waals surface area contributed by atoms with Gasteiger partial charge >= 0.3 is 0 Å². The first-order valence-electron chi connectivity index (χ1n) is 7.63. The van der Waals surface area contributed by atoms with E-state index < -0.39 is 6.04 Å². The molecule has 24 heavy (non-hydrogen) atoms. The van der Waals surface area contributed by atoms with Gasteiger partial charge in [-0.1, -0.05) is 12.1 Å². The van der Waals surface area contributed by atoms with Crippen molar-refractivity contribution in [3.63, 3.8) is 0 Å². The van der Waals surface area contributed by atoms with E-state index in [1.165, 1.54) is 12.7 Å². The average molecular weight is 380 g/mol. The summed E-state index contributed by atoms with van der Waals surface area (Å²) < 4.78 is 10.2. The molecule has 1 unspecified atom stereocenters. The summed E-state index contributed by atoms with van der Waals surface area (Å²) in [7, 11) is 1.52. The van der Waals surface area contributed by atoms with Crippen LogP contribution in [0.5, 0.6) is 0 Å². The van der Waals surface area contributed by atoms with Crippen LogP contribution in [0, 0.1) is 0 Å². The highest BCUT2D eigenvalue weighted by atomic mass is 35.5. The number of carbonyl (C=O) groups excluding carboxylic acids is 1. The van der Waals surface area contributed by atoms with Gasteiger partial charge in [0.1, 0.15) is 6.04 Å². The molecule has 0 aromatic heterocycles. The molecule has 1 saturated heterocycles. The first kappa shape index (κ1) is 23.1. The van der Waals surface area contributed by atoms with Crippen LogP contribution in [0.3, 0.4) is 0 Å². The van der Waals surface area contributed by atoms with E-state index in [-0.39, 0.29) is 37.3 Å². The Hall–Kier alpha value is -0.890. The summed E-state index contributed by atoms with van der Waals surface area (Å²) >= 11 is 0. The maximum Gasteiger partial charge on any atom is 0.243 e. The lowest BCUT2D eigenvalue weighted by Crippen LogP contribution is -2.39. The topological polar surface area (TPSA) is 76.8 Å². The van der Waals surface area contributed by atoms with Crippen LogP contribution in [0.4, 0.5) is 5.69 Å². The fraction of sp³-hybridized carbons (Fsp3) is 0.562. The van der Waals surface area contributed by atoms with Crippen molar-refractivity contribution < 1.29 is 14.3 Å². The molecule has 0 bridgehead atoms. The summed E-state index contributed by atoms with van der Waals surface area (Å²) in [6.07, 6.45) is 0.997. The quantitative estimate of drug-likeness (QED) is 0.746. The number of carbonyl (C=O) groups is 1. The Morgan fingerprint density at radius 2 is 1.92 bits per heavy atom. The molecule has 1 fully saturated rings. The van der Waals surface area contributed by atoms with E-state index in [0.717, 1.165) is 45.0 Å². The van der Waals surface area contributed by atoms with Crippen LogP contribution in [-0.4, -0.2) is 63.4 Å². The van der Waals surface area contributed by atoms with Gasteiger partial charge in [-0.15, -0.1) is 24.8 Å². The van der Waals surface area contributed by atoms with Crippen molar-refractivity contribution in [1.29, 1.82) is 0 Å². The van der Waals surface area contributed by atoms with E-state index in [2.05, 4.69) is 10.2 Å². The van der Waals surface area contributed by atoms with E-state index in [9.17, 15) is 4.79 Å². The summed E-state index contributed by atoms with van der Waals surface area (Å²) in [5.74, 6) is -0.233. The monoisotopic (exact) mass is 379 g/mol. The third-order valence-electron chi connectivity index (χ3n) is 3.72. The van der Waals surface area contributed by atoms with Crippen LogP contribution in [0.25, 0.3) is 0 Å². The Balaban J connectivity index is 0.00000264. The number of hydrogen-bond acceptors (Lipinski definition) is 5. The molecular weight excluding hydrogens is 353 g/mol. The van der Waals surface area contributed by atoms with Gasteiger partial charge in [0.15, 0.2) is 0 Å². The highest BCUT2D eigenvalue weighted by Crippen LogP contribution is 2.11. The number of anilines is 1. The number of amides is 1. The highest BCUT2D eigenvalue weighted by molar-refractivity contribution is 5.94. The van der Waals surface area contributed by atoms with Crippen LogP contribution in [0.2, 0.25) is 0 Å². The summed E-state index contributed by atoms with van der Waals surface area (Å²) in [5.41, 5.74) is 7.69. The third-order valence-corrected chi connectivity index (χ3v) is 3.72. The van der Waals surface area contributed by atoms with E-state index in [1.54, 1.807) is 0 Å². The van der Waals surface area contributed by atoms with Crippen LogP contribution < -0.4 is 11.1 Å². The molecule has 1 aliphatic rings. The number of ether oxygens (including phenoxy) is 2. The second-order valence-electron chi connectivity index (χ2n) is 5.45. The number of methoxy groups -OCH3 is 1. The minimum Gasteiger partial charge on any atom is -0.383 e. The number of nitrogens with one attached hydrogen (secondary N) is 1. The number of rotatable bonds is 7. The molecule has 0 spiro atoms. The Kier molecular flexibility index (Phi) is 12.0. The molecule has 6 nitrogen and oxygen atoms in total. The van der Waals surface area contributed by atoms with Crippen LogP contribution in [-0.2, 0) is 20.7 Å². The lowest BCUT2D eigenvalue weighted by atomic mass is 10.1. The van der Waals surface area contributed by atoms with Crippen LogP contribution in [0.1, 0.15) is 5.56 Å². The van der Waals surface area contributed by atoms with Crippen molar-refractivity contribution in [1.82, 2.24) is 4.90 Å². The van der Waals surface area contributed by atoms with Gasteiger partial charge in [-0.3, -0.25) is 9.69 Å². The largest absolute Gasteiger partial charge is 0.383 e. The van der Waals surface area contributed by atoms with Gasteiger partial charge in [0, 0.05) is 32.4 Å². The Bertz CT molecular complexity index is 468. The van der Waals surface area contributed by atoms with Crippen molar-refractivity contribution in [3.05, 3.63) is 29.8 Å². The highest BCUT2D eigenvalue weighted by Gasteiger charge is 2.13. The van der Waals surface area contributed by atoms with Crippen molar-refractivity contribution in [2.45, 2.75) is 12.5 Å². The van der Waals surface area contributed by atoms with Gasteiger partial charge in [-0.2, -0.15) is 0 Å². The van der Waals surface area contributed by atoms with Gasteiger partial charge in [0.25, 0.3) is 0 Å². The van der Waals surface area contributed by atoms with Crippen LogP contribution >= 0.6 is 24.8 Å². The van der Waals surface area contributed by atoms with E-state index in [0.29, 0.717) is 0 Å². The molecule has 2 rings (SSSR count). The molecule has 1 aromatic rings. The Labute approximate surface area is 155 Å². The predicted octanol–water partition coefficient (Wildman–Crippen LogP) is 1.32. The minimum atomic E-state index is -0.647. The SMILES string of the molecule is COCC(N)C(=O)Nc1ccc(CCN2CCOCC2)cc1.Cl.Cl. The van der Waals surface area contributed by atoms with Gasteiger partial charge in [0.05, 0.1) is 19.8 Å². The Morgan fingerprint density at radius 1 is 1.29 bits per heavy atom. The third kappa shape index (κ3) is 7.79. The van der Waals surface area contributed by atoms with Gasteiger partial charge < -0.3 is 20.5 Å². The number of halogens is 2. The first-order chi connectivity index (χ1) is 10.7. The zero-order valence-corrected chi connectivity index (χ0v) is 15.5. The molecule has 1 aromatic carbocycles. The molecular formula is C16H27Cl2N3O3. The normalized spacial score (nSPS) is 15.8. The smallest absolute Gasteiger partial charge is 0.243 e. The molecule has 1 heterocycles. The molecule has 0 aliphatic carbocycles. The fourth-order valence-corrected chi connectivity index (χ4v) is 2.36. The van der Waals surface area contributed by atoms with E-state index in [4.69, 9.17) is 15.2 Å². The molecule has 138 valence electrons. The molecule has 0 saturated carbocycles. The van der Waals surface area contributed by atoms with Crippen molar-refractivity contribution >= 4 is 36.4 Å². The van der Waals surface area contributed by atoms with E-state index in [1.807, 2.05) is 24.3 Å². The molecule has 8 heteroatoms. The van der Waals surface area contributed by atoms with Crippen molar-refractivity contribution in [3.8, 4) is 0 Å². The lowest BCUT2D eigenvalue weighted by molar-refractivity contribution is -0.118. The minimum absolute atomic E-state index is 0. The number of nitrogens with zero attached hydrogens (tertiary/aromatic N) is 1. The molecule has 3 N–H and O–H groups in total. The standard InChI is InChI=1S/C16H25N3O3.2ClH/c1-21-12-15(17)16(20)18-14-4-2-13(3-5-14)6-7-19-8-10-22-11-9-19;;/h2-5,15H,6-12,17H2,1H3,(H,18,20);2*1H. The van der Waals surface area contributed by atoms with Crippen molar-refractivity contribution in [2.24, 2.45) is 5.73 Å². The van der Waals surface area contributed by atoms with E-state index >= 15 is 0 Å². The zero-order chi connectivity index (χ0) is 15.8. The lowest BCUT2D eigenvalue weighted by Gasteiger charge is -2.26. The maximum atomic E-state index is 11.8. The number of nitrogens with two attached hydrogens (primary N) is 1. The van der Waals surface area contributed by atoms with Gasteiger partial charge in [0.2, 0.25) is 5.91 Å². The maximum absolute atomic E-state index is 11.8. The van der Waals surface area contributed by atoms with Gasteiger partial charge in [-0.25, -0.2) is 0 Å².